The van der Waals surface area contributed by atoms with Crippen molar-refractivity contribution in [3.63, 3.8) is 0 Å². The number of hydrogen-bond donors (Lipinski definition) is 1. The Morgan fingerprint density at radius 2 is 1.95 bits per heavy atom. The van der Waals surface area contributed by atoms with Crippen molar-refractivity contribution in [3.8, 4) is 0 Å². The average Bonchev–Trinajstić information content (AvgIpc) is 2.44. The maximum atomic E-state index is 11.0. The standard InChI is InChI=1S/C14H22N2O4/c1-3-7-19-8-9-20-11-12-5-6-13(15-4-2)14(10-12)16(17)18/h5-6,10,15H,3-4,7-9,11H2,1-2H3. The second kappa shape index (κ2) is 9.28. The Kier molecular flexibility index (Phi) is 7.60. The molecule has 0 amide bonds. The van der Waals surface area contributed by atoms with Crippen molar-refractivity contribution < 1.29 is 14.4 Å². The summed E-state index contributed by atoms with van der Waals surface area (Å²) < 4.78 is 10.7. The van der Waals surface area contributed by atoms with Gasteiger partial charge in [0.25, 0.3) is 5.69 Å². The molecule has 0 fully saturated rings. The zero-order valence-electron chi connectivity index (χ0n) is 12.1. The molecule has 1 aromatic carbocycles. The van der Waals surface area contributed by atoms with E-state index in [1.54, 1.807) is 12.1 Å². The number of ether oxygens (including phenoxy) is 2. The van der Waals surface area contributed by atoms with Crippen LogP contribution >= 0.6 is 0 Å². The summed E-state index contributed by atoms with van der Waals surface area (Å²) in [6, 6.07) is 5.09. The van der Waals surface area contributed by atoms with Crippen LogP contribution in [-0.4, -0.2) is 31.3 Å². The fourth-order valence-electron chi connectivity index (χ4n) is 1.71. The average molecular weight is 282 g/mol. The van der Waals surface area contributed by atoms with Gasteiger partial charge in [-0.15, -0.1) is 0 Å². The zero-order chi connectivity index (χ0) is 14.8. The first-order valence-electron chi connectivity index (χ1n) is 6.85. The van der Waals surface area contributed by atoms with Crippen LogP contribution in [0.4, 0.5) is 11.4 Å². The van der Waals surface area contributed by atoms with E-state index >= 15 is 0 Å². The second-order valence-corrected chi connectivity index (χ2v) is 4.30. The molecule has 1 N–H and O–H groups in total. The van der Waals surface area contributed by atoms with E-state index in [1.165, 1.54) is 0 Å². The summed E-state index contributed by atoms with van der Waals surface area (Å²) >= 11 is 0. The van der Waals surface area contributed by atoms with Gasteiger partial charge < -0.3 is 14.8 Å². The maximum absolute atomic E-state index is 11.0. The Bertz CT molecular complexity index is 424. The molecule has 0 aromatic heterocycles. The third-order valence-electron chi connectivity index (χ3n) is 2.62. The summed E-state index contributed by atoms with van der Waals surface area (Å²) in [6.45, 7) is 6.71. The number of nitro groups is 1. The molecule has 20 heavy (non-hydrogen) atoms. The molecule has 1 aromatic rings. The summed E-state index contributed by atoms with van der Waals surface area (Å²) in [6.07, 6.45) is 0.984. The van der Waals surface area contributed by atoms with Gasteiger partial charge in [0.2, 0.25) is 0 Å². The number of rotatable bonds is 10. The van der Waals surface area contributed by atoms with E-state index in [4.69, 9.17) is 9.47 Å². The molecule has 0 unspecified atom stereocenters. The number of nitro benzene ring substituents is 1. The second-order valence-electron chi connectivity index (χ2n) is 4.30. The van der Waals surface area contributed by atoms with Crippen molar-refractivity contribution in [1.29, 1.82) is 0 Å². The molecule has 0 aliphatic carbocycles. The summed E-state index contributed by atoms with van der Waals surface area (Å²) in [5, 5.41) is 14.0. The van der Waals surface area contributed by atoms with Gasteiger partial charge in [-0.2, -0.15) is 0 Å². The fraction of sp³-hybridized carbons (Fsp3) is 0.571. The Labute approximate surface area is 119 Å². The first-order valence-corrected chi connectivity index (χ1v) is 6.85. The lowest BCUT2D eigenvalue weighted by Gasteiger charge is -2.08. The van der Waals surface area contributed by atoms with E-state index in [0.29, 0.717) is 32.1 Å². The number of nitrogens with one attached hydrogen (secondary N) is 1. The quantitative estimate of drug-likeness (QED) is 0.406. The lowest BCUT2D eigenvalue weighted by atomic mass is 10.2. The fourth-order valence-corrected chi connectivity index (χ4v) is 1.71. The van der Waals surface area contributed by atoms with E-state index in [0.717, 1.165) is 18.6 Å². The number of nitrogens with zero attached hydrogens (tertiary/aromatic N) is 1. The Hall–Kier alpha value is -1.66. The van der Waals surface area contributed by atoms with Crippen LogP contribution in [0.5, 0.6) is 0 Å². The molecule has 112 valence electrons. The van der Waals surface area contributed by atoms with E-state index in [-0.39, 0.29) is 10.6 Å². The molecule has 1 rings (SSSR count). The minimum absolute atomic E-state index is 0.0789. The van der Waals surface area contributed by atoms with E-state index < -0.39 is 0 Å². The van der Waals surface area contributed by atoms with Gasteiger partial charge in [0.15, 0.2) is 0 Å². The van der Waals surface area contributed by atoms with Crippen LogP contribution in [0.15, 0.2) is 18.2 Å². The van der Waals surface area contributed by atoms with Gasteiger partial charge in [-0.05, 0) is 25.0 Å². The highest BCUT2D eigenvalue weighted by Crippen LogP contribution is 2.25. The normalized spacial score (nSPS) is 10.5. The first-order chi connectivity index (χ1) is 9.69. The highest BCUT2D eigenvalue weighted by atomic mass is 16.6. The number of anilines is 1. The van der Waals surface area contributed by atoms with Crippen molar-refractivity contribution in [3.05, 3.63) is 33.9 Å². The molecule has 0 radical (unpaired) electrons. The first kappa shape index (κ1) is 16.4. The summed E-state index contributed by atoms with van der Waals surface area (Å²) in [5.41, 5.74) is 1.40. The lowest BCUT2D eigenvalue weighted by molar-refractivity contribution is -0.384. The predicted octanol–water partition coefficient (Wildman–Crippen LogP) is 2.97. The molecule has 6 heteroatoms. The van der Waals surface area contributed by atoms with Crippen LogP contribution in [-0.2, 0) is 16.1 Å². The van der Waals surface area contributed by atoms with Gasteiger partial charge in [0, 0.05) is 19.2 Å². The maximum Gasteiger partial charge on any atom is 0.292 e. The Balaban J connectivity index is 2.50. The summed E-state index contributed by atoms with van der Waals surface area (Å²) in [5.74, 6) is 0. The Morgan fingerprint density at radius 1 is 1.20 bits per heavy atom. The minimum Gasteiger partial charge on any atom is -0.380 e. The molecule has 0 saturated carbocycles. The van der Waals surface area contributed by atoms with E-state index in [9.17, 15) is 10.1 Å². The van der Waals surface area contributed by atoms with Gasteiger partial charge in [0.1, 0.15) is 5.69 Å². The molecule has 0 saturated heterocycles. The van der Waals surface area contributed by atoms with E-state index in [1.807, 2.05) is 19.9 Å². The molecule has 6 nitrogen and oxygen atoms in total. The molecular formula is C14H22N2O4. The van der Waals surface area contributed by atoms with E-state index in [2.05, 4.69) is 5.32 Å². The third-order valence-corrected chi connectivity index (χ3v) is 2.62. The Morgan fingerprint density at radius 3 is 2.60 bits per heavy atom. The summed E-state index contributed by atoms with van der Waals surface area (Å²) in [7, 11) is 0. The molecule has 0 spiro atoms. The minimum atomic E-state index is -0.383. The smallest absolute Gasteiger partial charge is 0.292 e. The summed E-state index contributed by atoms with van der Waals surface area (Å²) in [4.78, 5) is 10.6. The number of benzene rings is 1. The van der Waals surface area contributed by atoms with Gasteiger partial charge in [-0.25, -0.2) is 0 Å². The molecular weight excluding hydrogens is 260 g/mol. The van der Waals surface area contributed by atoms with Gasteiger partial charge >= 0.3 is 0 Å². The van der Waals surface area contributed by atoms with Gasteiger partial charge in [0.05, 0.1) is 24.7 Å². The van der Waals surface area contributed by atoms with Gasteiger partial charge in [-0.1, -0.05) is 13.0 Å². The largest absolute Gasteiger partial charge is 0.380 e. The predicted molar refractivity (Wildman–Crippen MR) is 78.0 cm³/mol. The molecule has 0 aliphatic heterocycles. The van der Waals surface area contributed by atoms with Crippen molar-refractivity contribution in [2.24, 2.45) is 0 Å². The van der Waals surface area contributed by atoms with Crippen LogP contribution in [0.2, 0.25) is 0 Å². The van der Waals surface area contributed by atoms with Crippen LogP contribution in [0.3, 0.4) is 0 Å². The van der Waals surface area contributed by atoms with Crippen LogP contribution in [0, 0.1) is 10.1 Å². The lowest BCUT2D eigenvalue weighted by Crippen LogP contribution is -2.06. The van der Waals surface area contributed by atoms with Crippen molar-refractivity contribution >= 4 is 11.4 Å². The third kappa shape index (κ3) is 5.54. The monoisotopic (exact) mass is 282 g/mol. The van der Waals surface area contributed by atoms with Crippen LogP contribution in [0.1, 0.15) is 25.8 Å². The zero-order valence-corrected chi connectivity index (χ0v) is 12.1. The van der Waals surface area contributed by atoms with Crippen LogP contribution in [0.25, 0.3) is 0 Å². The SMILES string of the molecule is CCCOCCOCc1ccc(NCC)c([N+](=O)[O-])c1. The van der Waals surface area contributed by atoms with Crippen LogP contribution < -0.4 is 5.32 Å². The molecule has 0 aliphatic rings. The molecule has 0 bridgehead atoms. The van der Waals surface area contributed by atoms with Gasteiger partial charge in [-0.3, -0.25) is 10.1 Å². The number of hydrogen-bond acceptors (Lipinski definition) is 5. The molecule has 0 heterocycles. The van der Waals surface area contributed by atoms with Crippen molar-refractivity contribution in [1.82, 2.24) is 0 Å². The topological polar surface area (TPSA) is 73.6 Å². The van der Waals surface area contributed by atoms with Crippen molar-refractivity contribution in [2.75, 3.05) is 31.7 Å². The molecule has 0 atom stereocenters. The van der Waals surface area contributed by atoms with Crippen molar-refractivity contribution in [2.45, 2.75) is 26.9 Å². The highest BCUT2D eigenvalue weighted by molar-refractivity contribution is 5.62. The highest BCUT2D eigenvalue weighted by Gasteiger charge is 2.13.